The average Bonchev–Trinajstić information content (AvgIpc) is 2.74. The number of allylic oxidation sites excluding steroid dienone is 2. The first kappa shape index (κ1) is 16.3. The third-order valence-corrected chi connectivity index (χ3v) is 4.29. The van der Waals surface area contributed by atoms with Crippen molar-refractivity contribution >= 4 is 11.8 Å². The highest BCUT2D eigenvalue weighted by Crippen LogP contribution is 2.59. The van der Waals surface area contributed by atoms with Crippen LogP contribution in [0.2, 0.25) is 0 Å². The van der Waals surface area contributed by atoms with Crippen molar-refractivity contribution in [1.29, 1.82) is 0 Å². The van der Waals surface area contributed by atoms with Gasteiger partial charge in [0.1, 0.15) is 11.5 Å². The normalized spacial score (nSPS) is 21.9. The summed E-state index contributed by atoms with van der Waals surface area (Å²) in [6.45, 7) is 11.7. The van der Waals surface area contributed by atoms with Gasteiger partial charge in [-0.15, -0.1) is 0 Å². The van der Waals surface area contributed by atoms with Crippen LogP contribution in [-0.2, 0) is 4.79 Å². The molecule has 2 rings (SSSR count). The maximum Gasteiger partial charge on any atom is 0.273 e. The molecule has 0 aliphatic heterocycles. The molecule has 22 heavy (non-hydrogen) atoms. The number of hydrazine groups is 1. The Morgan fingerprint density at radius 1 is 1.23 bits per heavy atom. The number of nitrogens with one attached hydrogen (secondary N) is 2. The molecule has 2 atom stereocenters. The van der Waals surface area contributed by atoms with Crippen molar-refractivity contribution in [1.82, 2.24) is 10.9 Å². The quantitative estimate of drug-likeness (QED) is 0.666. The second kappa shape index (κ2) is 5.63. The summed E-state index contributed by atoms with van der Waals surface area (Å²) in [5.74, 6) is 0.792. The molecule has 0 bridgehead atoms. The molecule has 0 saturated heterocycles. The van der Waals surface area contributed by atoms with Gasteiger partial charge in [0, 0.05) is 0 Å². The fourth-order valence-electron chi connectivity index (χ4n) is 2.97. The van der Waals surface area contributed by atoms with Crippen molar-refractivity contribution in [2.45, 2.75) is 41.5 Å². The molecule has 2 amide bonds. The van der Waals surface area contributed by atoms with Crippen LogP contribution in [0.15, 0.2) is 22.1 Å². The van der Waals surface area contributed by atoms with E-state index in [0.29, 0.717) is 17.1 Å². The molecule has 120 valence electrons. The van der Waals surface area contributed by atoms with Crippen LogP contribution in [0.3, 0.4) is 0 Å². The average molecular weight is 304 g/mol. The SMILES string of the molecule is CC(C)=CC1C(C(=O)NNC(=O)c2cc(C)oc2C)C1(C)C. The minimum atomic E-state index is -0.361. The molecule has 1 saturated carbocycles. The molecule has 0 spiro atoms. The first-order valence-corrected chi connectivity index (χ1v) is 7.47. The van der Waals surface area contributed by atoms with E-state index in [0.717, 1.165) is 0 Å². The predicted molar refractivity (Wildman–Crippen MR) is 84.0 cm³/mol. The number of furan rings is 1. The van der Waals surface area contributed by atoms with E-state index < -0.39 is 0 Å². The highest BCUT2D eigenvalue weighted by molar-refractivity contribution is 5.96. The fourth-order valence-corrected chi connectivity index (χ4v) is 2.97. The number of hydrogen-bond donors (Lipinski definition) is 2. The van der Waals surface area contributed by atoms with Gasteiger partial charge in [-0.3, -0.25) is 20.4 Å². The number of aryl methyl sites for hydroxylation is 2. The second-order valence-corrected chi connectivity index (χ2v) is 6.84. The fraction of sp³-hybridized carbons (Fsp3) is 0.529. The van der Waals surface area contributed by atoms with Gasteiger partial charge in [0.15, 0.2) is 0 Å². The van der Waals surface area contributed by atoms with Crippen molar-refractivity contribution in [3.8, 4) is 0 Å². The van der Waals surface area contributed by atoms with Crippen LogP contribution < -0.4 is 10.9 Å². The highest BCUT2D eigenvalue weighted by atomic mass is 16.3. The highest BCUT2D eigenvalue weighted by Gasteiger charge is 2.60. The summed E-state index contributed by atoms with van der Waals surface area (Å²) in [5.41, 5.74) is 6.56. The molecule has 1 aliphatic carbocycles. The molecule has 2 N–H and O–H groups in total. The zero-order valence-corrected chi connectivity index (χ0v) is 14.0. The van der Waals surface area contributed by atoms with Gasteiger partial charge in [-0.25, -0.2) is 0 Å². The van der Waals surface area contributed by atoms with Gasteiger partial charge in [-0.05, 0) is 45.1 Å². The lowest BCUT2D eigenvalue weighted by Gasteiger charge is -2.07. The number of carbonyl (C=O) groups excluding carboxylic acids is 2. The summed E-state index contributed by atoms with van der Waals surface area (Å²) in [6, 6.07) is 1.66. The van der Waals surface area contributed by atoms with E-state index in [-0.39, 0.29) is 29.1 Å². The summed E-state index contributed by atoms with van der Waals surface area (Å²) in [4.78, 5) is 24.3. The molecule has 1 aliphatic rings. The zero-order chi connectivity index (χ0) is 16.7. The molecule has 2 unspecified atom stereocenters. The molecule has 1 heterocycles. The molecule has 1 fully saturated rings. The lowest BCUT2D eigenvalue weighted by molar-refractivity contribution is -0.123. The molecule has 5 nitrogen and oxygen atoms in total. The number of amides is 2. The van der Waals surface area contributed by atoms with Crippen molar-refractivity contribution < 1.29 is 14.0 Å². The molecular weight excluding hydrogens is 280 g/mol. The third-order valence-electron chi connectivity index (χ3n) is 4.29. The Bertz CT molecular complexity index is 636. The Hall–Kier alpha value is -2.04. The van der Waals surface area contributed by atoms with Gasteiger partial charge >= 0.3 is 0 Å². The topological polar surface area (TPSA) is 71.3 Å². The lowest BCUT2D eigenvalue weighted by Crippen LogP contribution is -2.43. The predicted octanol–water partition coefficient (Wildman–Crippen LogP) is 2.90. The first-order chi connectivity index (χ1) is 10.1. The summed E-state index contributed by atoms with van der Waals surface area (Å²) in [7, 11) is 0. The summed E-state index contributed by atoms with van der Waals surface area (Å²) in [5, 5.41) is 0. The lowest BCUT2D eigenvalue weighted by atomic mass is 10.1. The van der Waals surface area contributed by atoms with Crippen molar-refractivity contribution in [3.05, 3.63) is 34.8 Å². The van der Waals surface area contributed by atoms with E-state index in [9.17, 15) is 9.59 Å². The molecular formula is C17H24N2O3. The Morgan fingerprint density at radius 2 is 1.86 bits per heavy atom. The van der Waals surface area contributed by atoms with Crippen LogP contribution in [0.4, 0.5) is 0 Å². The van der Waals surface area contributed by atoms with E-state index in [1.807, 2.05) is 13.8 Å². The van der Waals surface area contributed by atoms with E-state index in [1.165, 1.54) is 5.57 Å². The molecule has 1 aromatic rings. The summed E-state index contributed by atoms with van der Waals surface area (Å²) < 4.78 is 5.31. The smallest absolute Gasteiger partial charge is 0.273 e. The largest absolute Gasteiger partial charge is 0.466 e. The molecule has 0 aromatic carbocycles. The Balaban J connectivity index is 1.95. The number of carbonyl (C=O) groups is 2. The van der Waals surface area contributed by atoms with Crippen LogP contribution in [-0.4, -0.2) is 11.8 Å². The van der Waals surface area contributed by atoms with Crippen LogP contribution in [0.25, 0.3) is 0 Å². The number of rotatable bonds is 3. The third kappa shape index (κ3) is 3.08. The minimum Gasteiger partial charge on any atom is -0.466 e. The summed E-state index contributed by atoms with van der Waals surface area (Å²) in [6.07, 6.45) is 2.12. The van der Waals surface area contributed by atoms with E-state index in [4.69, 9.17) is 4.42 Å². The van der Waals surface area contributed by atoms with E-state index in [2.05, 4.69) is 30.8 Å². The van der Waals surface area contributed by atoms with Crippen molar-refractivity contribution in [2.24, 2.45) is 17.3 Å². The van der Waals surface area contributed by atoms with E-state index in [1.54, 1.807) is 19.9 Å². The van der Waals surface area contributed by atoms with Crippen molar-refractivity contribution in [3.63, 3.8) is 0 Å². The maximum atomic E-state index is 12.3. The van der Waals surface area contributed by atoms with Crippen LogP contribution in [0, 0.1) is 31.1 Å². The van der Waals surface area contributed by atoms with Gasteiger partial charge < -0.3 is 4.42 Å². The van der Waals surface area contributed by atoms with Gasteiger partial charge in [0.05, 0.1) is 11.5 Å². The van der Waals surface area contributed by atoms with Gasteiger partial charge in [-0.2, -0.15) is 0 Å². The first-order valence-electron chi connectivity index (χ1n) is 7.47. The molecule has 1 aromatic heterocycles. The molecule has 5 heteroatoms. The second-order valence-electron chi connectivity index (χ2n) is 6.84. The van der Waals surface area contributed by atoms with Crippen LogP contribution in [0.5, 0.6) is 0 Å². The Kier molecular flexibility index (Phi) is 4.18. The monoisotopic (exact) mass is 304 g/mol. The van der Waals surface area contributed by atoms with Crippen LogP contribution >= 0.6 is 0 Å². The maximum absolute atomic E-state index is 12.3. The summed E-state index contributed by atoms with van der Waals surface area (Å²) >= 11 is 0. The van der Waals surface area contributed by atoms with E-state index >= 15 is 0 Å². The minimum absolute atomic E-state index is 0.0752. The zero-order valence-electron chi connectivity index (χ0n) is 14.0. The standard InChI is InChI=1S/C17H24N2O3/c1-9(2)7-13-14(17(13,5)6)16(21)19-18-15(20)12-8-10(3)22-11(12)4/h7-8,13-14H,1-6H3,(H,18,20)(H,19,21). The van der Waals surface area contributed by atoms with Crippen LogP contribution in [0.1, 0.15) is 49.6 Å². The Labute approximate surface area is 131 Å². The molecule has 0 radical (unpaired) electrons. The van der Waals surface area contributed by atoms with Gasteiger partial charge in [0.25, 0.3) is 5.91 Å². The van der Waals surface area contributed by atoms with Gasteiger partial charge in [0.2, 0.25) is 5.91 Å². The number of hydrogen-bond acceptors (Lipinski definition) is 3. The van der Waals surface area contributed by atoms with Gasteiger partial charge in [-0.1, -0.05) is 25.5 Å². The van der Waals surface area contributed by atoms with Crippen molar-refractivity contribution in [2.75, 3.05) is 0 Å². The Morgan fingerprint density at radius 3 is 2.36 bits per heavy atom.